The van der Waals surface area contributed by atoms with Crippen LogP contribution >= 0.6 is 0 Å². The summed E-state index contributed by atoms with van der Waals surface area (Å²) in [6.45, 7) is 8.88. The molecule has 0 amide bonds. The summed E-state index contributed by atoms with van der Waals surface area (Å²) in [7, 11) is 0. The molecule has 0 aromatic rings. The summed E-state index contributed by atoms with van der Waals surface area (Å²) >= 11 is 0. The molecular weight excluding hydrogens is 98.1 g/mol. The summed E-state index contributed by atoms with van der Waals surface area (Å²) in [5.74, 6) is 1.46. The quantitative estimate of drug-likeness (QED) is 0.555. The molecule has 0 heterocycles. The molecule has 8 heavy (non-hydrogen) atoms. The molecular formula is C7H18N+. The first-order chi connectivity index (χ1) is 3.55. The molecule has 0 saturated carbocycles. The van der Waals surface area contributed by atoms with E-state index in [1.807, 2.05) is 0 Å². The van der Waals surface area contributed by atoms with Gasteiger partial charge in [0.1, 0.15) is 0 Å². The molecule has 50 valence electrons. The largest absolute Gasteiger partial charge is 0.355 e. The second-order valence-electron chi connectivity index (χ2n) is 3.15. The Morgan fingerprint density at radius 2 is 1.12 bits per heavy atom. The second kappa shape index (κ2) is 3.08. The molecule has 0 unspecified atom stereocenters. The van der Waals surface area contributed by atoms with E-state index in [0.29, 0.717) is 6.04 Å². The smallest absolute Gasteiger partial charge is 0.0889 e. The fourth-order valence-electron chi connectivity index (χ4n) is 0.770. The summed E-state index contributed by atoms with van der Waals surface area (Å²) in [5, 5.41) is 0. The third-order valence-electron chi connectivity index (χ3n) is 1.71. The summed E-state index contributed by atoms with van der Waals surface area (Å²) in [6.07, 6.45) is 0. The maximum atomic E-state index is 4.04. The van der Waals surface area contributed by atoms with Crippen molar-refractivity contribution in [3.63, 3.8) is 0 Å². The van der Waals surface area contributed by atoms with Gasteiger partial charge in [-0.15, -0.1) is 0 Å². The maximum Gasteiger partial charge on any atom is 0.0889 e. The van der Waals surface area contributed by atoms with Crippen LogP contribution in [0.15, 0.2) is 0 Å². The van der Waals surface area contributed by atoms with E-state index >= 15 is 0 Å². The summed E-state index contributed by atoms with van der Waals surface area (Å²) in [5.41, 5.74) is 4.04. The van der Waals surface area contributed by atoms with Gasteiger partial charge < -0.3 is 5.73 Å². The van der Waals surface area contributed by atoms with Crippen LogP contribution in [0.3, 0.4) is 0 Å². The van der Waals surface area contributed by atoms with Gasteiger partial charge in [-0.1, -0.05) is 27.7 Å². The van der Waals surface area contributed by atoms with Crippen molar-refractivity contribution in [1.29, 1.82) is 0 Å². The number of hydrogen-bond acceptors (Lipinski definition) is 0. The van der Waals surface area contributed by atoms with Gasteiger partial charge in [0.2, 0.25) is 0 Å². The van der Waals surface area contributed by atoms with E-state index < -0.39 is 0 Å². The molecule has 3 N–H and O–H groups in total. The van der Waals surface area contributed by atoms with Crippen LogP contribution in [-0.4, -0.2) is 6.04 Å². The highest BCUT2D eigenvalue weighted by atomic mass is 14.6. The Hall–Kier alpha value is -0.0400. The topological polar surface area (TPSA) is 27.6 Å². The van der Waals surface area contributed by atoms with Gasteiger partial charge in [0, 0.05) is 11.8 Å². The van der Waals surface area contributed by atoms with Crippen molar-refractivity contribution in [3.05, 3.63) is 0 Å². The molecule has 0 radical (unpaired) electrons. The minimum atomic E-state index is 0.620. The molecule has 0 aromatic heterocycles. The molecule has 0 aliphatic rings. The fourth-order valence-corrected chi connectivity index (χ4v) is 0.770. The monoisotopic (exact) mass is 116 g/mol. The van der Waals surface area contributed by atoms with E-state index in [1.54, 1.807) is 0 Å². The average molecular weight is 116 g/mol. The number of rotatable bonds is 2. The molecule has 0 fully saturated rings. The van der Waals surface area contributed by atoms with Gasteiger partial charge in [0.15, 0.2) is 0 Å². The lowest BCUT2D eigenvalue weighted by molar-refractivity contribution is -0.442. The zero-order chi connectivity index (χ0) is 6.73. The highest BCUT2D eigenvalue weighted by Gasteiger charge is 2.14. The van der Waals surface area contributed by atoms with E-state index in [9.17, 15) is 0 Å². The lowest BCUT2D eigenvalue weighted by Gasteiger charge is -2.14. The Labute approximate surface area is 52.3 Å². The molecule has 0 aliphatic carbocycles. The van der Waals surface area contributed by atoms with Crippen LogP contribution in [0, 0.1) is 11.8 Å². The Kier molecular flexibility index (Phi) is 3.06. The summed E-state index contributed by atoms with van der Waals surface area (Å²) in [4.78, 5) is 0. The highest BCUT2D eigenvalue weighted by molar-refractivity contribution is 4.60. The van der Waals surface area contributed by atoms with Gasteiger partial charge in [0.25, 0.3) is 0 Å². The minimum absolute atomic E-state index is 0.620. The zero-order valence-corrected chi connectivity index (χ0v) is 6.44. The fraction of sp³-hybridized carbons (Fsp3) is 1.00. The predicted octanol–water partition coefficient (Wildman–Crippen LogP) is 0.909. The first kappa shape index (κ1) is 7.96. The Morgan fingerprint density at radius 3 is 1.12 bits per heavy atom. The molecule has 1 nitrogen and oxygen atoms in total. The first-order valence-electron chi connectivity index (χ1n) is 3.38. The standard InChI is InChI=1S/C7H17N/c1-5(2)7(8)6(3)4/h5-7H,8H2,1-4H3/p+1. The third kappa shape index (κ3) is 2.31. The maximum absolute atomic E-state index is 4.04. The zero-order valence-electron chi connectivity index (χ0n) is 6.44. The summed E-state index contributed by atoms with van der Waals surface area (Å²) in [6, 6.07) is 0.620. The van der Waals surface area contributed by atoms with Crippen LogP contribution in [0.4, 0.5) is 0 Å². The molecule has 0 rings (SSSR count). The Balaban J connectivity index is 3.46. The van der Waals surface area contributed by atoms with Gasteiger partial charge in [-0.3, -0.25) is 0 Å². The van der Waals surface area contributed by atoms with E-state index in [0.717, 1.165) is 11.8 Å². The van der Waals surface area contributed by atoms with Crippen molar-refractivity contribution in [2.24, 2.45) is 11.8 Å². The lowest BCUT2D eigenvalue weighted by atomic mass is 9.95. The predicted molar refractivity (Wildman–Crippen MR) is 36.4 cm³/mol. The number of hydrogen-bond donors (Lipinski definition) is 1. The first-order valence-corrected chi connectivity index (χ1v) is 3.38. The van der Waals surface area contributed by atoms with Gasteiger partial charge in [-0.25, -0.2) is 0 Å². The normalized spacial score (nSPS) is 12.0. The van der Waals surface area contributed by atoms with Crippen molar-refractivity contribution in [1.82, 2.24) is 0 Å². The molecule has 0 saturated heterocycles. The van der Waals surface area contributed by atoms with Crippen molar-refractivity contribution in [3.8, 4) is 0 Å². The average Bonchev–Trinajstić information content (AvgIpc) is 1.64. The van der Waals surface area contributed by atoms with Gasteiger partial charge in [-0.2, -0.15) is 0 Å². The molecule has 0 aromatic carbocycles. The molecule has 0 bridgehead atoms. The number of quaternary nitrogens is 1. The third-order valence-corrected chi connectivity index (χ3v) is 1.71. The van der Waals surface area contributed by atoms with E-state index in [1.165, 1.54) is 0 Å². The summed E-state index contributed by atoms with van der Waals surface area (Å²) < 4.78 is 0. The molecule has 0 spiro atoms. The lowest BCUT2D eigenvalue weighted by Crippen LogP contribution is -2.65. The van der Waals surface area contributed by atoms with E-state index in [2.05, 4.69) is 33.4 Å². The van der Waals surface area contributed by atoms with E-state index in [4.69, 9.17) is 0 Å². The van der Waals surface area contributed by atoms with Crippen LogP contribution in [-0.2, 0) is 0 Å². The van der Waals surface area contributed by atoms with Crippen LogP contribution in [0.25, 0.3) is 0 Å². The van der Waals surface area contributed by atoms with Crippen LogP contribution < -0.4 is 5.73 Å². The second-order valence-corrected chi connectivity index (χ2v) is 3.15. The van der Waals surface area contributed by atoms with Gasteiger partial charge in [0.05, 0.1) is 6.04 Å². The molecule has 1 heteroatoms. The van der Waals surface area contributed by atoms with Crippen molar-refractivity contribution in [2.75, 3.05) is 0 Å². The van der Waals surface area contributed by atoms with Crippen LogP contribution in [0.5, 0.6) is 0 Å². The van der Waals surface area contributed by atoms with Crippen molar-refractivity contribution in [2.45, 2.75) is 33.7 Å². The van der Waals surface area contributed by atoms with Crippen molar-refractivity contribution >= 4 is 0 Å². The van der Waals surface area contributed by atoms with Gasteiger partial charge in [-0.05, 0) is 0 Å². The van der Waals surface area contributed by atoms with Gasteiger partial charge >= 0.3 is 0 Å². The van der Waals surface area contributed by atoms with Crippen LogP contribution in [0.1, 0.15) is 27.7 Å². The molecule has 0 atom stereocenters. The minimum Gasteiger partial charge on any atom is -0.355 e. The van der Waals surface area contributed by atoms with Crippen molar-refractivity contribution < 1.29 is 5.73 Å². The highest BCUT2D eigenvalue weighted by Crippen LogP contribution is 2.05. The SMILES string of the molecule is CC(C)C([NH3+])C(C)C. The van der Waals surface area contributed by atoms with Crippen LogP contribution in [0.2, 0.25) is 0 Å². The Morgan fingerprint density at radius 1 is 0.875 bits per heavy atom. The Bertz CT molecular complexity index is 49.4. The van der Waals surface area contributed by atoms with E-state index in [-0.39, 0.29) is 0 Å². The molecule has 0 aliphatic heterocycles.